The lowest BCUT2D eigenvalue weighted by Crippen LogP contribution is -2.56. The topological polar surface area (TPSA) is 49.6 Å². The van der Waals surface area contributed by atoms with Crippen molar-refractivity contribution in [3.05, 3.63) is 35.9 Å². The number of nitrogens with two attached hydrogens (primary N) is 1. The Morgan fingerprint density at radius 3 is 2.37 bits per heavy atom. The minimum Gasteiger partial charge on any atom is -0.342 e. The Bertz CT molecular complexity index is 700. The summed E-state index contributed by atoms with van der Waals surface area (Å²) >= 11 is 0. The first kappa shape index (κ1) is 22.1. The Balaban J connectivity index is 0.00000218. The van der Waals surface area contributed by atoms with E-state index in [1.165, 1.54) is 44.2 Å². The van der Waals surface area contributed by atoms with Crippen molar-refractivity contribution >= 4 is 18.3 Å². The van der Waals surface area contributed by atoms with Crippen LogP contribution in [0.15, 0.2) is 30.3 Å². The van der Waals surface area contributed by atoms with Crippen LogP contribution in [0.3, 0.4) is 0 Å². The molecule has 2 bridgehead atoms. The maximum Gasteiger partial charge on any atom is 0.225 e. The van der Waals surface area contributed by atoms with Crippen LogP contribution >= 0.6 is 12.4 Å². The van der Waals surface area contributed by atoms with Crippen LogP contribution in [-0.4, -0.2) is 47.4 Å². The number of halogens is 1. The third kappa shape index (κ3) is 4.42. The van der Waals surface area contributed by atoms with Gasteiger partial charge in [0, 0.05) is 37.6 Å². The van der Waals surface area contributed by atoms with Gasteiger partial charge in [-0.2, -0.15) is 0 Å². The van der Waals surface area contributed by atoms with Gasteiger partial charge in [-0.25, -0.2) is 0 Å². The molecule has 0 spiro atoms. The van der Waals surface area contributed by atoms with Crippen molar-refractivity contribution in [2.75, 3.05) is 19.6 Å². The van der Waals surface area contributed by atoms with E-state index in [-0.39, 0.29) is 18.3 Å². The zero-order valence-corrected chi connectivity index (χ0v) is 18.9. The van der Waals surface area contributed by atoms with E-state index >= 15 is 0 Å². The molecular formula is C25H38ClN3O. The molecule has 2 saturated carbocycles. The van der Waals surface area contributed by atoms with Gasteiger partial charge >= 0.3 is 0 Å². The van der Waals surface area contributed by atoms with Crippen molar-refractivity contribution < 1.29 is 4.79 Å². The number of piperidine rings is 2. The van der Waals surface area contributed by atoms with Gasteiger partial charge in [0.2, 0.25) is 5.91 Å². The Kier molecular flexibility index (Phi) is 7.06. The molecule has 166 valence electrons. The van der Waals surface area contributed by atoms with Gasteiger partial charge in [-0.1, -0.05) is 36.8 Å². The van der Waals surface area contributed by atoms with Gasteiger partial charge in [0.1, 0.15) is 0 Å². The second-order valence-electron chi connectivity index (χ2n) is 10.2. The molecule has 4 unspecified atom stereocenters. The summed E-state index contributed by atoms with van der Waals surface area (Å²) in [6.45, 7) is 4.18. The molecule has 4 fully saturated rings. The van der Waals surface area contributed by atoms with Gasteiger partial charge in [0.15, 0.2) is 0 Å². The SMILES string of the molecule is Cl.NC1C2CCCC1CC(C(=O)N1CCC3C(CCCN3Cc3ccccc3)C1)C2. The van der Waals surface area contributed by atoms with Crippen molar-refractivity contribution in [1.29, 1.82) is 0 Å². The van der Waals surface area contributed by atoms with Gasteiger partial charge in [0.05, 0.1) is 0 Å². The Hall–Kier alpha value is -1.10. The molecule has 1 amide bonds. The third-order valence-corrected chi connectivity index (χ3v) is 8.49. The van der Waals surface area contributed by atoms with Crippen molar-refractivity contribution in [2.24, 2.45) is 29.4 Å². The maximum atomic E-state index is 13.4. The smallest absolute Gasteiger partial charge is 0.225 e. The molecule has 2 saturated heterocycles. The molecule has 2 aliphatic heterocycles. The number of benzene rings is 1. The summed E-state index contributed by atoms with van der Waals surface area (Å²) < 4.78 is 0. The highest BCUT2D eigenvalue weighted by Gasteiger charge is 2.43. The third-order valence-electron chi connectivity index (χ3n) is 8.49. The fourth-order valence-electron chi connectivity index (χ4n) is 6.97. The van der Waals surface area contributed by atoms with E-state index in [1.807, 2.05) is 0 Å². The zero-order valence-electron chi connectivity index (χ0n) is 18.1. The molecule has 2 heterocycles. The summed E-state index contributed by atoms with van der Waals surface area (Å²) in [5.41, 5.74) is 7.87. The van der Waals surface area contributed by atoms with E-state index < -0.39 is 0 Å². The first-order chi connectivity index (χ1) is 14.2. The highest BCUT2D eigenvalue weighted by molar-refractivity contribution is 5.85. The molecule has 1 aromatic rings. The second kappa shape index (κ2) is 9.58. The average molecular weight is 432 g/mol. The van der Waals surface area contributed by atoms with Gasteiger partial charge in [-0.15, -0.1) is 12.4 Å². The molecule has 2 aliphatic carbocycles. The van der Waals surface area contributed by atoms with E-state index in [2.05, 4.69) is 40.1 Å². The molecule has 4 atom stereocenters. The number of fused-ring (bicyclic) bond motifs is 3. The Morgan fingerprint density at radius 1 is 0.933 bits per heavy atom. The van der Waals surface area contributed by atoms with Crippen LogP contribution in [0.5, 0.6) is 0 Å². The second-order valence-corrected chi connectivity index (χ2v) is 10.2. The zero-order chi connectivity index (χ0) is 19.8. The summed E-state index contributed by atoms with van der Waals surface area (Å²) in [5.74, 6) is 2.52. The summed E-state index contributed by atoms with van der Waals surface area (Å²) in [6.07, 6.45) is 9.56. The van der Waals surface area contributed by atoms with E-state index in [0.717, 1.165) is 38.9 Å². The molecule has 4 nitrogen and oxygen atoms in total. The quantitative estimate of drug-likeness (QED) is 0.784. The highest BCUT2D eigenvalue weighted by Crippen LogP contribution is 2.43. The van der Waals surface area contributed by atoms with Gasteiger partial charge in [-0.3, -0.25) is 9.69 Å². The van der Waals surface area contributed by atoms with Gasteiger partial charge < -0.3 is 10.6 Å². The van der Waals surface area contributed by atoms with Crippen molar-refractivity contribution in [1.82, 2.24) is 9.80 Å². The predicted octanol–water partition coefficient (Wildman–Crippen LogP) is 4.07. The Labute approximate surface area is 188 Å². The minimum atomic E-state index is 0. The number of carbonyl (C=O) groups is 1. The minimum absolute atomic E-state index is 0. The monoisotopic (exact) mass is 431 g/mol. The van der Waals surface area contributed by atoms with Gasteiger partial charge in [-0.05, 0) is 74.8 Å². The van der Waals surface area contributed by atoms with Gasteiger partial charge in [0.25, 0.3) is 0 Å². The van der Waals surface area contributed by atoms with Crippen LogP contribution in [0.25, 0.3) is 0 Å². The number of nitrogens with zero attached hydrogens (tertiary/aromatic N) is 2. The molecular weight excluding hydrogens is 394 g/mol. The maximum absolute atomic E-state index is 13.4. The molecule has 1 aromatic carbocycles. The lowest BCUT2D eigenvalue weighted by atomic mass is 9.64. The summed E-state index contributed by atoms with van der Waals surface area (Å²) in [7, 11) is 0. The first-order valence-electron chi connectivity index (χ1n) is 12.0. The van der Waals surface area contributed by atoms with Crippen LogP contribution in [0.1, 0.15) is 56.9 Å². The van der Waals surface area contributed by atoms with Crippen LogP contribution < -0.4 is 5.73 Å². The molecule has 0 aromatic heterocycles. The van der Waals surface area contributed by atoms with E-state index in [9.17, 15) is 4.79 Å². The van der Waals surface area contributed by atoms with Crippen LogP contribution in [0.2, 0.25) is 0 Å². The predicted molar refractivity (Wildman–Crippen MR) is 123 cm³/mol. The molecule has 5 heteroatoms. The molecule has 30 heavy (non-hydrogen) atoms. The van der Waals surface area contributed by atoms with E-state index in [4.69, 9.17) is 5.73 Å². The standard InChI is InChI=1S/C25H37N3O.ClH/c26-24-19-8-4-9-20(24)15-22(14-19)25(29)28-13-11-23-21(17-28)10-5-12-27(23)16-18-6-2-1-3-7-18;/h1-3,6-7,19-24H,4-5,8-17,26H2;1H. The molecule has 5 rings (SSSR count). The van der Waals surface area contributed by atoms with Crippen molar-refractivity contribution in [3.63, 3.8) is 0 Å². The summed E-state index contributed by atoms with van der Waals surface area (Å²) in [5, 5.41) is 0. The summed E-state index contributed by atoms with van der Waals surface area (Å²) in [4.78, 5) is 18.3. The first-order valence-corrected chi connectivity index (χ1v) is 12.0. The van der Waals surface area contributed by atoms with Crippen LogP contribution in [0.4, 0.5) is 0 Å². The number of likely N-dealkylation sites (tertiary alicyclic amines) is 2. The fourth-order valence-corrected chi connectivity index (χ4v) is 6.97. The average Bonchev–Trinajstić information content (AvgIpc) is 2.74. The van der Waals surface area contributed by atoms with Crippen LogP contribution in [0, 0.1) is 23.7 Å². The lowest BCUT2D eigenvalue weighted by Gasteiger charge is -2.49. The number of amides is 1. The summed E-state index contributed by atoms with van der Waals surface area (Å²) in [6, 6.07) is 11.9. The molecule has 0 radical (unpaired) electrons. The van der Waals surface area contributed by atoms with Crippen LogP contribution in [-0.2, 0) is 11.3 Å². The number of hydrogen-bond acceptors (Lipinski definition) is 3. The van der Waals surface area contributed by atoms with E-state index in [1.54, 1.807) is 0 Å². The number of rotatable bonds is 3. The van der Waals surface area contributed by atoms with Crippen molar-refractivity contribution in [2.45, 2.75) is 70.0 Å². The molecule has 4 aliphatic rings. The highest BCUT2D eigenvalue weighted by atomic mass is 35.5. The normalized spacial score (nSPS) is 36.5. The van der Waals surface area contributed by atoms with Crippen molar-refractivity contribution in [3.8, 4) is 0 Å². The number of hydrogen-bond donors (Lipinski definition) is 1. The lowest BCUT2D eigenvalue weighted by molar-refractivity contribution is -0.142. The van der Waals surface area contributed by atoms with E-state index in [0.29, 0.717) is 35.7 Å². The largest absolute Gasteiger partial charge is 0.342 e. The fraction of sp³-hybridized carbons (Fsp3) is 0.720. The molecule has 2 N–H and O–H groups in total. The Morgan fingerprint density at radius 2 is 1.63 bits per heavy atom. The number of carbonyl (C=O) groups excluding carboxylic acids is 1.